The zero-order chi connectivity index (χ0) is 15.3. The maximum Gasteiger partial charge on any atom is 0.265 e. The number of sulfonamides is 1. The predicted octanol–water partition coefficient (Wildman–Crippen LogP) is 2.49. The minimum atomic E-state index is -3.80. The van der Waals surface area contributed by atoms with Gasteiger partial charge in [-0.15, -0.1) is 0 Å². The molecule has 1 aliphatic rings. The summed E-state index contributed by atoms with van der Waals surface area (Å²) in [6.45, 7) is 2.03. The minimum Gasteiger partial charge on any atom is -0.274 e. The van der Waals surface area contributed by atoms with E-state index >= 15 is 0 Å². The molecule has 21 heavy (non-hydrogen) atoms. The third kappa shape index (κ3) is 4.52. The topological polar surface area (TPSA) is 76.1 Å². The predicted molar refractivity (Wildman–Crippen MR) is 79.9 cm³/mol. The lowest BCUT2D eigenvalue weighted by Crippen LogP contribution is -2.33. The van der Waals surface area contributed by atoms with Crippen molar-refractivity contribution in [3.05, 3.63) is 24.5 Å². The van der Waals surface area contributed by atoms with E-state index < -0.39 is 15.9 Å². The third-order valence-corrected chi connectivity index (χ3v) is 5.51. The standard InChI is InChI=1S/C15H22N2O3S/c1-12(13-6-3-2-4-7-13)10-15(18)17-21(19,20)14-8-5-9-16-11-14/h5,8-9,11-13H,2-4,6-7,10H2,1H3,(H,17,18)/t12-/m1/s1. The molecule has 1 aromatic heterocycles. The third-order valence-electron chi connectivity index (χ3n) is 4.15. The van der Waals surface area contributed by atoms with Crippen molar-refractivity contribution in [3.63, 3.8) is 0 Å². The van der Waals surface area contributed by atoms with E-state index in [1.165, 1.54) is 43.8 Å². The second-order valence-corrected chi connectivity index (χ2v) is 7.48. The lowest BCUT2D eigenvalue weighted by atomic mass is 9.79. The van der Waals surface area contributed by atoms with Gasteiger partial charge in [0.25, 0.3) is 10.0 Å². The monoisotopic (exact) mass is 310 g/mol. The fourth-order valence-corrected chi connectivity index (χ4v) is 3.88. The highest BCUT2D eigenvalue weighted by molar-refractivity contribution is 7.90. The summed E-state index contributed by atoms with van der Waals surface area (Å²) < 4.78 is 26.2. The number of amides is 1. The van der Waals surface area contributed by atoms with Crippen molar-refractivity contribution in [3.8, 4) is 0 Å². The van der Waals surface area contributed by atoms with Crippen LogP contribution >= 0.6 is 0 Å². The van der Waals surface area contributed by atoms with E-state index in [1.54, 1.807) is 0 Å². The van der Waals surface area contributed by atoms with Gasteiger partial charge in [0.1, 0.15) is 4.90 Å². The molecule has 0 aliphatic heterocycles. The molecule has 1 fully saturated rings. The number of hydrogen-bond donors (Lipinski definition) is 1. The summed E-state index contributed by atoms with van der Waals surface area (Å²) in [5, 5.41) is 0. The Bertz CT molecular complexity index is 566. The Kier molecular flexibility index (Phi) is 5.33. The lowest BCUT2D eigenvalue weighted by molar-refractivity contribution is -0.120. The Labute approximate surface area is 126 Å². The zero-order valence-corrected chi connectivity index (χ0v) is 13.1. The Morgan fingerprint density at radius 3 is 2.71 bits per heavy atom. The van der Waals surface area contributed by atoms with Crippen molar-refractivity contribution in [2.75, 3.05) is 0 Å². The summed E-state index contributed by atoms with van der Waals surface area (Å²) in [7, 11) is -3.80. The van der Waals surface area contributed by atoms with Gasteiger partial charge in [-0.3, -0.25) is 9.78 Å². The SMILES string of the molecule is C[C@H](CC(=O)NS(=O)(=O)c1cccnc1)C1CCCCC1. The molecule has 0 bridgehead atoms. The number of hydrogen-bond acceptors (Lipinski definition) is 4. The summed E-state index contributed by atoms with van der Waals surface area (Å²) in [5.74, 6) is 0.317. The summed E-state index contributed by atoms with van der Waals surface area (Å²) in [6, 6.07) is 2.96. The molecule has 5 nitrogen and oxygen atoms in total. The van der Waals surface area contributed by atoms with Gasteiger partial charge >= 0.3 is 0 Å². The first-order valence-corrected chi connectivity index (χ1v) is 8.93. The molecular formula is C15H22N2O3S. The van der Waals surface area contributed by atoms with Crippen LogP contribution in [0, 0.1) is 11.8 Å². The van der Waals surface area contributed by atoms with Gasteiger partial charge in [-0.2, -0.15) is 0 Å². The van der Waals surface area contributed by atoms with Crippen LogP contribution in [0.25, 0.3) is 0 Å². The minimum absolute atomic E-state index is 0.0173. The Hall–Kier alpha value is -1.43. The number of pyridine rings is 1. The maximum atomic E-state index is 12.0. The number of nitrogens with zero attached hydrogens (tertiary/aromatic N) is 1. The molecule has 2 rings (SSSR count). The van der Waals surface area contributed by atoms with Crippen LogP contribution in [0.1, 0.15) is 45.4 Å². The number of aromatic nitrogens is 1. The van der Waals surface area contributed by atoms with Gasteiger partial charge in [0.15, 0.2) is 0 Å². The van der Waals surface area contributed by atoms with Crippen LogP contribution < -0.4 is 4.72 Å². The summed E-state index contributed by atoms with van der Waals surface area (Å²) in [5.41, 5.74) is 0. The van der Waals surface area contributed by atoms with Crippen LogP contribution in [-0.2, 0) is 14.8 Å². The first-order chi connectivity index (χ1) is 9.99. The fraction of sp³-hybridized carbons (Fsp3) is 0.600. The lowest BCUT2D eigenvalue weighted by Gasteiger charge is -2.27. The number of carbonyl (C=O) groups excluding carboxylic acids is 1. The highest BCUT2D eigenvalue weighted by atomic mass is 32.2. The molecule has 1 saturated carbocycles. The molecule has 1 aromatic rings. The van der Waals surface area contributed by atoms with E-state index in [4.69, 9.17) is 0 Å². The second kappa shape index (κ2) is 7.02. The molecule has 0 saturated heterocycles. The normalized spacial score (nSPS) is 18.1. The van der Waals surface area contributed by atoms with Crippen LogP contribution in [-0.4, -0.2) is 19.3 Å². The van der Waals surface area contributed by atoms with Crippen molar-refractivity contribution in [1.82, 2.24) is 9.71 Å². The molecule has 1 N–H and O–H groups in total. The van der Waals surface area contributed by atoms with Crippen LogP contribution in [0.3, 0.4) is 0 Å². The Morgan fingerprint density at radius 1 is 1.38 bits per heavy atom. The smallest absolute Gasteiger partial charge is 0.265 e. The molecule has 0 spiro atoms. The van der Waals surface area contributed by atoms with E-state index in [0.717, 1.165) is 12.8 Å². The van der Waals surface area contributed by atoms with Gasteiger partial charge in [-0.25, -0.2) is 13.1 Å². The number of rotatable bonds is 5. The largest absolute Gasteiger partial charge is 0.274 e. The Balaban J connectivity index is 1.92. The van der Waals surface area contributed by atoms with Gasteiger partial charge in [0.05, 0.1) is 0 Å². The van der Waals surface area contributed by atoms with Gasteiger partial charge in [0, 0.05) is 18.8 Å². The Morgan fingerprint density at radius 2 is 2.10 bits per heavy atom. The van der Waals surface area contributed by atoms with Crippen LogP contribution in [0.5, 0.6) is 0 Å². The first-order valence-electron chi connectivity index (χ1n) is 7.45. The van der Waals surface area contributed by atoms with Gasteiger partial charge < -0.3 is 0 Å². The summed E-state index contributed by atoms with van der Waals surface area (Å²) in [4.78, 5) is 15.8. The molecule has 1 heterocycles. The molecule has 1 atom stereocenters. The summed E-state index contributed by atoms with van der Waals surface area (Å²) in [6.07, 6.45) is 8.96. The quantitative estimate of drug-likeness (QED) is 0.906. The number of carbonyl (C=O) groups is 1. The maximum absolute atomic E-state index is 12.0. The molecular weight excluding hydrogens is 288 g/mol. The number of nitrogens with one attached hydrogen (secondary N) is 1. The first kappa shape index (κ1) is 15.9. The molecule has 6 heteroatoms. The van der Waals surface area contributed by atoms with E-state index in [9.17, 15) is 13.2 Å². The molecule has 1 aliphatic carbocycles. The highest BCUT2D eigenvalue weighted by Crippen LogP contribution is 2.31. The zero-order valence-electron chi connectivity index (χ0n) is 12.3. The van der Waals surface area contributed by atoms with Crippen molar-refractivity contribution in [2.45, 2.75) is 50.3 Å². The van der Waals surface area contributed by atoms with Crippen molar-refractivity contribution in [1.29, 1.82) is 0 Å². The molecule has 0 unspecified atom stereocenters. The van der Waals surface area contributed by atoms with Crippen molar-refractivity contribution >= 4 is 15.9 Å². The van der Waals surface area contributed by atoms with Gasteiger partial charge in [0.2, 0.25) is 5.91 Å². The highest BCUT2D eigenvalue weighted by Gasteiger charge is 2.24. The van der Waals surface area contributed by atoms with Crippen LogP contribution in [0.4, 0.5) is 0 Å². The second-order valence-electron chi connectivity index (χ2n) is 5.80. The van der Waals surface area contributed by atoms with Crippen molar-refractivity contribution in [2.24, 2.45) is 11.8 Å². The van der Waals surface area contributed by atoms with Crippen LogP contribution in [0.15, 0.2) is 29.4 Å². The summed E-state index contributed by atoms with van der Waals surface area (Å²) >= 11 is 0. The van der Waals surface area contributed by atoms with E-state index in [-0.39, 0.29) is 17.2 Å². The van der Waals surface area contributed by atoms with Gasteiger partial charge in [-0.1, -0.05) is 39.0 Å². The molecule has 0 aromatic carbocycles. The van der Waals surface area contributed by atoms with E-state index in [2.05, 4.69) is 9.71 Å². The average molecular weight is 310 g/mol. The average Bonchev–Trinajstić information content (AvgIpc) is 2.48. The van der Waals surface area contributed by atoms with E-state index in [1.807, 2.05) is 6.92 Å². The molecule has 0 radical (unpaired) electrons. The fourth-order valence-electron chi connectivity index (χ4n) is 2.92. The molecule has 1 amide bonds. The van der Waals surface area contributed by atoms with Gasteiger partial charge in [-0.05, 0) is 24.0 Å². The van der Waals surface area contributed by atoms with Crippen molar-refractivity contribution < 1.29 is 13.2 Å². The van der Waals surface area contributed by atoms with Crippen LogP contribution in [0.2, 0.25) is 0 Å². The molecule has 116 valence electrons. The van der Waals surface area contributed by atoms with E-state index in [0.29, 0.717) is 5.92 Å².